The van der Waals surface area contributed by atoms with Gasteiger partial charge in [0, 0.05) is 6.07 Å². The van der Waals surface area contributed by atoms with Gasteiger partial charge in [0.25, 0.3) is 11.1 Å². The Morgan fingerprint density at radius 2 is 2.07 bits per heavy atom. The topological polar surface area (TPSA) is 136 Å². The number of hydrogen-bond donors (Lipinski definition) is 1. The highest BCUT2D eigenvalue weighted by atomic mass is 32.2. The summed E-state index contributed by atoms with van der Waals surface area (Å²) >= 11 is 0.599. The highest BCUT2D eigenvalue weighted by molar-refractivity contribution is 8.18. The van der Waals surface area contributed by atoms with Crippen molar-refractivity contribution in [3.05, 3.63) is 32.7 Å². The van der Waals surface area contributed by atoms with Crippen LogP contribution >= 0.6 is 11.8 Å². The average Bonchev–Trinajstić information content (AvgIpc) is 2.91. The molecule has 0 aliphatic carbocycles. The molecule has 1 aliphatic rings. The molecule has 156 valence electrons. The number of rotatable bonds is 8. The predicted octanol–water partition coefficient (Wildman–Crippen LogP) is 3.08. The number of nitro benzene ring substituents is 1. The first-order valence-electron chi connectivity index (χ1n) is 8.76. The first-order chi connectivity index (χ1) is 13.7. The maximum Gasteiger partial charge on any atom is 0.326 e. The Labute approximate surface area is 170 Å². The number of thioether (sulfide) groups is 1. The van der Waals surface area contributed by atoms with Gasteiger partial charge < -0.3 is 14.6 Å². The molecule has 1 atom stereocenters. The van der Waals surface area contributed by atoms with E-state index in [9.17, 15) is 29.6 Å². The SMILES string of the molecule is CCOc1cc(/C=C2\SC(=O)N(CC(=O)O[C@H](C)CC)C2=O)cc([N+](=O)[O-])c1O. The molecule has 0 saturated carbocycles. The molecule has 0 bridgehead atoms. The van der Waals surface area contributed by atoms with Gasteiger partial charge in [0.1, 0.15) is 6.54 Å². The Morgan fingerprint density at radius 1 is 1.38 bits per heavy atom. The summed E-state index contributed by atoms with van der Waals surface area (Å²) < 4.78 is 10.3. The Hall–Kier alpha value is -3.08. The number of esters is 1. The van der Waals surface area contributed by atoms with Crippen LogP contribution < -0.4 is 4.74 Å². The fourth-order valence-electron chi connectivity index (χ4n) is 2.36. The largest absolute Gasteiger partial charge is 0.500 e. The number of phenolic OH excluding ortho intramolecular Hbond substituents is 1. The number of nitrogens with zero attached hydrogens (tertiary/aromatic N) is 2. The lowest BCUT2D eigenvalue weighted by atomic mass is 10.1. The number of amides is 2. The normalized spacial score (nSPS) is 16.2. The molecule has 11 heteroatoms. The van der Waals surface area contributed by atoms with Gasteiger partial charge in [-0.1, -0.05) is 6.92 Å². The lowest BCUT2D eigenvalue weighted by Crippen LogP contribution is -2.35. The maximum atomic E-state index is 12.5. The van der Waals surface area contributed by atoms with Crippen LogP contribution in [0.15, 0.2) is 17.0 Å². The van der Waals surface area contributed by atoms with Crippen LogP contribution in [0.1, 0.15) is 32.8 Å². The summed E-state index contributed by atoms with van der Waals surface area (Å²) in [6, 6.07) is 2.38. The summed E-state index contributed by atoms with van der Waals surface area (Å²) in [7, 11) is 0. The number of carbonyl (C=O) groups excluding carboxylic acids is 3. The molecule has 1 N–H and O–H groups in total. The van der Waals surface area contributed by atoms with E-state index in [0.717, 1.165) is 11.0 Å². The van der Waals surface area contributed by atoms with Crippen LogP contribution in [0.4, 0.5) is 10.5 Å². The zero-order valence-corrected chi connectivity index (χ0v) is 16.9. The van der Waals surface area contributed by atoms with Crippen molar-refractivity contribution >= 4 is 40.6 Å². The first kappa shape index (κ1) is 22.2. The lowest BCUT2D eigenvalue weighted by Gasteiger charge is -2.14. The van der Waals surface area contributed by atoms with Crippen LogP contribution in [0.3, 0.4) is 0 Å². The van der Waals surface area contributed by atoms with E-state index in [1.807, 2.05) is 6.92 Å². The summed E-state index contributed by atoms with van der Waals surface area (Å²) in [4.78, 5) is 47.6. The molecule has 1 saturated heterocycles. The second kappa shape index (κ2) is 9.41. The maximum absolute atomic E-state index is 12.5. The number of benzene rings is 1. The second-order valence-electron chi connectivity index (χ2n) is 6.05. The number of nitro groups is 1. The Balaban J connectivity index is 2.29. The highest BCUT2D eigenvalue weighted by Crippen LogP contribution is 2.39. The first-order valence-corrected chi connectivity index (χ1v) is 9.58. The average molecular weight is 424 g/mol. The van der Waals surface area contributed by atoms with Crippen molar-refractivity contribution in [3.8, 4) is 11.5 Å². The van der Waals surface area contributed by atoms with E-state index in [2.05, 4.69) is 0 Å². The fourth-order valence-corrected chi connectivity index (χ4v) is 3.20. The summed E-state index contributed by atoms with van der Waals surface area (Å²) in [5.41, 5.74) is -0.413. The monoisotopic (exact) mass is 424 g/mol. The second-order valence-corrected chi connectivity index (χ2v) is 7.05. The highest BCUT2D eigenvalue weighted by Gasteiger charge is 2.37. The van der Waals surface area contributed by atoms with Gasteiger partial charge in [-0.05, 0) is 49.7 Å². The number of aromatic hydroxyl groups is 1. The third-order valence-corrected chi connectivity index (χ3v) is 4.85. The minimum absolute atomic E-state index is 0.0197. The Kier molecular flexibility index (Phi) is 7.21. The van der Waals surface area contributed by atoms with Crippen LogP contribution in [0.2, 0.25) is 0 Å². The Bertz CT molecular complexity index is 883. The minimum atomic E-state index is -0.786. The van der Waals surface area contributed by atoms with Gasteiger partial charge in [-0.25, -0.2) is 0 Å². The lowest BCUT2D eigenvalue weighted by molar-refractivity contribution is -0.386. The van der Waals surface area contributed by atoms with Crippen LogP contribution in [-0.2, 0) is 14.3 Å². The van der Waals surface area contributed by atoms with E-state index in [1.165, 1.54) is 12.1 Å². The van der Waals surface area contributed by atoms with Crippen molar-refractivity contribution in [2.24, 2.45) is 0 Å². The molecule has 1 aromatic carbocycles. The third-order valence-electron chi connectivity index (χ3n) is 3.94. The molecule has 2 rings (SSSR count). The molecule has 0 aromatic heterocycles. The van der Waals surface area contributed by atoms with Crippen molar-refractivity contribution < 1.29 is 33.9 Å². The number of phenols is 1. The van der Waals surface area contributed by atoms with E-state index in [4.69, 9.17) is 9.47 Å². The smallest absolute Gasteiger partial charge is 0.326 e. The van der Waals surface area contributed by atoms with Crippen LogP contribution in [0.25, 0.3) is 6.08 Å². The standard InChI is InChI=1S/C18H20N2O8S/c1-4-10(3)28-15(21)9-19-17(23)14(29-18(19)24)8-11-6-12(20(25)26)16(22)13(7-11)27-5-2/h6-8,10,22H,4-5,9H2,1-3H3/b14-8-/t10-/m1/s1. The molecule has 0 spiro atoms. The van der Waals surface area contributed by atoms with Crippen molar-refractivity contribution in [3.63, 3.8) is 0 Å². The van der Waals surface area contributed by atoms with Gasteiger partial charge in [-0.3, -0.25) is 29.4 Å². The summed E-state index contributed by atoms with van der Waals surface area (Å²) in [5.74, 6) is -2.17. The van der Waals surface area contributed by atoms with Crippen molar-refractivity contribution in [2.45, 2.75) is 33.3 Å². The van der Waals surface area contributed by atoms with Crippen molar-refractivity contribution in [1.82, 2.24) is 4.90 Å². The van der Waals surface area contributed by atoms with E-state index in [1.54, 1.807) is 13.8 Å². The summed E-state index contributed by atoms with van der Waals surface area (Å²) in [6.07, 6.45) is 1.52. The van der Waals surface area contributed by atoms with Gasteiger partial charge in [-0.2, -0.15) is 0 Å². The van der Waals surface area contributed by atoms with E-state index in [0.29, 0.717) is 18.2 Å². The summed E-state index contributed by atoms with van der Waals surface area (Å²) in [6.45, 7) is 4.80. The molecule has 10 nitrogen and oxygen atoms in total. The molecule has 2 amide bonds. The number of carbonyl (C=O) groups is 3. The van der Waals surface area contributed by atoms with Crippen LogP contribution in [0, 0.1) is 10.1 Å². The molecule has 29 heavy (non-hydrogen) atoms. The van der Waals surface area contributed by atoms with Gasteiger partial charge >= 0.3 is 11.7 Å². The number of imide groups is 1. The molecular formula is C18H20N2O8S. The van der Waals surface area contributed by atoms with Gasteiger partial charge in [0.05, 0.1) is 22.5 Å². The number of ether oxygens (including phenoxy) is 2. The molecule has 1 aromatic rings. The molecule has 0 radical (unpaired) electrons. The number of hydrogen-bond acceptors (Lipinski definition) is 9. The van der Waals surface area contributed by atoms with Gasteiger partial charge in [0.2, 0.25) is 5.75 Å². The van der Waals surface area contributed by atoms with E-state index >= 15 is 0 Å². The van der Waals surface area contributed by atoms with E-state index < -0.39 is 40.0 Å². The zero-order chi connectivity index (χ0) is 21.7. The minimum Gasteiger partial charge on any atom is -0.500 e. The third kappa shape index (κ3) is 5.25. The zero-order valence-electron chi connectivity index (χ0n) is 16.0. The quantitative estimate of drug-likeness (QED) is 0.289. The molecular weight excluding hydrogens is 404 g/mol. The van der Waals surface area contributed by atoms with Gasteiger partial charge in [0.15, 0.2) is 5.75 Å². The van der Waals surface area contributed by atoms with Gasteiger partial charge in [-0.15, -0.1) is 0 Å². The van der Waals surface area contributed by atoms with Crippen LogP contribution in [-0.4, -0.2) is 51.3 Å². The predicted molar refractivity (Wildman–Crippen MR) is 104 cm³/mol. The van der Waals surface area contributed by atoms with Crippen molar-refractivity contribution in [2.75, 3.05) is 13.2 Å². The molecule has 1 aliphatic heterocycles. The molecule has 1 fully saturated rings. The van der Waals surface area contributed by atoms with Crippen molar-refractivity contribution in [1.29, 1.82) is 0 Å². The van der Waals surface area contributed by atoms with E-state index in [-0.39, 0.29) is 28.9 Å². The van der Waals surface area contributed by atoms with Crippen LogP contribution in [0.5, 0.6) is 11.5 Å². The molecule has 1 heterocycles. The Morgan fingerprint density at radius 3 is 2.66 bits per heavy atom. The molecule has 0 unspecified atom stereocenters. The summed E-state index contributed by atoms with van der Waals surface area (Å²) in [5, 5.41) is 20.4. The fraction of sp³-hybridized carbons (Fsp3) is 0.389.